The summed E-state index contributed by atoms with van der Waals surface area (Å²) in [5.74, 6) is 0.398. The van der Waals surface area contributed by atoms with Gasteiger partial charge >= 0.3 is 5.97 Å². The Hall–Kier alpha value is -3.80. The molecule has 0 heterocycles. The molecule has 0 bridgehead atoms. The molecule has 6 nitrogen and oxygen atoms in total. The number of para-hydroxylation sites is 1. The zero-order valence-corrected chi connectivity index (χ0v) is 16.0. The Bertz CT molecular complexity index is 955. The molecule has 0 aliphatic carbocycles. The van der Waals surface area contributed by atoms with Crippen LogP contribution in [0.25, 0.3) is 0 Å². The molecule has 0 atom stereocenters. The number of anilines is 1. The summed E-state index contributed by atoms with van der Waals surface area (Å²) in [5.41, 5.74) is 1.84. The van der Waals surface area contributed by atoms with E-state index in [0.717, 1.165) is 11.3 Å². The van der Waals surface area contributed by atoms with Crippen molar-refractivity contribution in [1.82, 2.24) is 0 Å². The van der Waals surface area contributed by atoms with E-state index >= 15 is 0 Å². The van der Waals surface area contributed by atoms with Gasteiger partial charge in [-0.1, -0.05) is 36.4 Å². The van der Waals surface area contributed by atoms with Crippen LogP contribution in [-0.4, -0.2) is 25.6 Å². The van der Waals surface area contributed by atoms with E-state index < -0.39 is 11.9 Å². The Morgan fingerprint density at radius 1 is 0.862 bits per heavy atom. The molecule has 0 saturated heterocycles. The van der Waals surface area contributed by atoms with Crippen LogP contribution in [-0.2, 0) is 16.1 Å². The zero-order chi connectivity index (χ0) is 20.5. The van der Waals surface area contributed by atoms with Crippen molar-refractivity contribution in [2.45, 2.75) is 6.61 Å². The molecule has 3 aromatic carbocycles. The van der Waals surface area contributed by atoms with Crippen LogP contribution >= 0.6 is 0 Å². The highest BCUT2D eigenvalue weighted by Gasteiger charge is 2.11. The van der Waals surface area contributed by atoms with Crippen molar-refractivity contribution in [3.8, 4) is 11.5 Å². The first kappa shape index (κ1) is 19.9. The molecule has 29 heavy (non-hydrogen) atoms. The minimum atomic E-state index is -0.568. The molecule has 3 aromatic rings. The Balaban J connectivity index is 1.46. The van der Waals surface area contributed by atoms with Gasteiger partial charge in [-0.3, -0.25) is 4.79 Å². The summed E-state index contributed by atoms with van der Waals surface area (Å²) in [5, 5.41) is 2.65. The van der Waals surface area contributed by atoms with Crippen molar-refractivity contribution in [3.05, 3.63) is 90.0 Å². The van der Waals surface area contributed by atoms with Gasteiger partial charge in [0.1, 0.15) is 18.1 Å². The fourth-order valence-electron chi connectivity index (χ4n) is 2.53. The summed E-state index contributed by atoms with van der Waals surface area (Å²) in [6.45, 7) is 0.0111. The number of hydrogen-bond acceptors (Lipinski definition) is 5. The lowest BCUT2D eigenvalue weighted by atomic mass is 10.1. The van der Waals surface area contributed by atoms with Crippen LogP contribution in [0.3, 0.4) is 0 Å². The number of methoxy groups -OCH3 is 1. The van der Waals surface area contributed by atoms with E-state index in [4.69, 9.17) is 14.2 Å². The smallest absolute Gasteiger partial charge is 0.338 e. The molecule has 0 aliphatic heterocycles. The number of ether oxygens (including phenoxy) is 3. The van der Waals surface area contributed by atoms with Gasteiger partial charge in [0, 0.05) is 11.8 Å². The largest absolute Gasteiger partial charge is 0.497 e. The standard InChI is InChI=1S/C23H21NO5/c1-27-21-9-5-6-19(14-21)24-22(25)16-29-23(26)18-12-10-17(11-13-18)15-28-20-7-3-2-4-8-20/h2-14H,15-16H2,1H3,(H,24,25). The normalized spacial score (nSPS) is 10.1. The highest BCUT2D eigenvalue weighted by molar-refractivity contribution is 5.95. The monoisotopic (exact) mass is 391 g/mol. The number of hydrogen-bond donors (Lipinski definition) is 1. The van der Waals surface area contributed by atoms with Crippen LogP contribution in [0.5, 0.6) is 11.5 Å². The minimum absolute atomic E-state index is 0.364. The number of amides is 1. The molecule has 0 radical (unpaired) electrons. The lowest BCUT2D eigenvalue weighted by Crippen LogP contribution is -2.20. The maximum atomic E-state index is 12.1. The predicted molar refractivity (Wildman–Crippen MR) is 109 cm³/mol. The number of rotatable bonds is 8. The first-order chi connectivity index (χ1) is 14.1. The summed E-state index contributed by atoms with van der Waals surface area (Å²) in [4.78, 5) is 24.1. The van der Waals surface area contributed by atoms with Crippen molar-refractivity contribution in [1.29, 1.82) is 0 Å². The van der Waals surface area contributed by atoms with E-state index in [1.807, 2.05) is 30.3 Å². The van der Waals surface area contributed by atoms with Gasteiger partial charge in [0.2, 0.25) is 0 Å². The fourth-order valence-corrected chi connectivity index (χ4v) is 2.53. The third-order valence-electron chi connectivity index (χ3n) is 4.03. The fraction of sp³-hybridized carbons (Fsp3) is 0.130. The van der Waals surface area contributed by atoms with Crippen molar-refractivity contribution in [2.24, 2.45) is 0 Å². The van der Waals surface area contributed by atoms with Crippen molar-refractivity contribution >= 4 is 17.6 Å². The van der Waals surface area contributed by atoms with Crippen molar-refractivity contribution in [3.63, 3.8) is 0 Å². The number of carbonyl (C=O) groups is 2. The molecule has 0 spiro atoms. The van der Waals surface area contributed by atoms with E-state index in [1.54, 1.807) is 55.6 Å². The minimum Gasteiger partial charge on any atom is -0.497 e. The van der Waals surface area contributed by atoms with Gasteiger partial charge in [0.05, 0.1) is 12.7 Å². The van der Waals surface area contributed by atoms with Crippen molar-refractivity contribution < 1.29 is 23.8 Å². The Kier molecular flexibility index (Phi) is 6.84. The van der Waals surface area contributed by atoms with E-state index in [2.05, 4.69) is 5.32 Å². The van der Waals surface area contributed by atoms with Crippen molar-refractivity contribution in [2.75, 3.05) is 19.0 Å². The molecule has 0 aliphatic rings. The zero-order valence-electron chi connectivity index (χ0n) is 16.0. The van der Waals surface area contributed by atoms with Crippen LogP contribution in [0, 0.1) is 0 Å². The summed E-state index contributed by atoms with van der Waals surface area (Å²) in [7, 11) is 1.54. The number of nitrogens with one attached hydrogen (secondary N) is 1. The second-order valence-corrected chi connectivity index (χ2v) is 6.15. The second-order valence-electron chi connectivity index (χ2n) is 6.15. The summed E-state index contributed by atoms with van der Waals surface area (Å²) >= 11 is 0. The Labute approximate surface area is 169 Å². The van der Waals surface area contributed by atoms with E-state index in [1.165, 1.54) is 0 Å². The van der Waals surface area contributed by atoms with Gasteiger partial charge < -0.3 is 19.5 Å². The van der Waals surface area contributed by atoms with Gasteiger partial charge in [-0.25, -0.2) is 4.79 Å². The lowest BCUT2D eigenvalue weighted by Gasteiger charge is -2.09. The van der Waals surface area contributed by atoms with Gasteiger partial charge in [0.15, 0.2) is 6.61 Å². The molecular weight excluding hydrogens is 370 g/mol. The lowest BCUT2D eigenvalue weighted by molar-refractivity contribution is -0.119. The SMILES string of the molecule is COc1cccc(NC(=O)COC(=O)c2ccc(COc3ccccc3)cc2)c1. The predicted octanol–water partition coefficient (Wildman–Crippen LogP) is 4.07. The first-order valence-electron chi connectivity index (χ1n) is 9.02. The molecule has 1 amide bonds. The van der Waals surface area contributed by atoms with E-state index in [0.29, 0.717) is 23.6 Å². The van der Waals surface area contributed by atoms with Crippen LogP contribution in [0.2, 0.25) is 0 Å². The third kappa shape index (κ3) is 6.10. The van der Waals surface area contributed by atoms with Crippen LogP contribution in [0.15, 0.2) is 78.9 Å². The highest BCUT2D eigenvalue weighted by atomic mass is 16.5. The second kappa shape index (κ2) is 9.94. The van der Waals surface area contributed by atoms with Gasteiger partial charge in [-0.2, -0.15) is 0 Å². The molecule has 3 rings (SSSR count). The Morgan fingerprint density at radius 3 is 2.31 bits per heavy atom. The summed E-state index contributed by atoms with van der Waals surface area (Å²) < 4.78 is 15.8. The molecular formula is C23H21NO5. The Morgan fingerprint density at radius 2 is 1.59 bits per heavy atom. The topological polar surface area (TPSA) is 73.9 Å². The summed E-state index contributed by atoms with van der Waals surface area (Å²) in [6.07, 6.45) is 0. The summed E-state index contributed by atoms with van der Waals surface area (Å²) in [6, 6.07) is 23.3. The first-order valence-corrected chi connectivity index (χ1v) is 9.02. The molecule has 0 saturated carbocycles. The van der Waals surface area contributed by atoms with Gasteiger partial charge in [-0.15, -0.1) is 0 Å². The number of benzene rings is 3. The highest BCUT2D eigenvalue weighted by Crippen LogP contribution is 2.16. The maximum absolute atomic E-state index is 12.1. The molecule has 0 unspecified atom stereocenters. The molecule has 0 aromatic heterocycles. The van der Waals surface area contributed by atoms with Crippen LogP contribution < -0.4 is 14.8 Å². The van der Waals surface area contributed by atoms with Crippen LogP contribution in [0.1, 0.15) is 15.9 Å². The quantitative estimate of drug-likeness (QED) is 0.586. The number of carbonyl (C=O) groups excluding carboxylic acids is 2. The van der Waals surface area contributed by atoms with E-state index in [-0.39, 0.29) is 6.61 Å². The molecule has 148 valence electrons. The van der Waals surface area contributed by atoms with Gasteiger partial charge in [-0.05, 0) is 42.0 Å². The maximum Gasteiger partial charge on any atom is 0.338 e. The molecule has 6 heteroatoms. The van der Waals surface area contributed by atoms with Crippen LogP contribution in [0.4, 0.5) is 5.69 Å². The molecule has 0 fully saturated rings. The molecule has 1 N–H and O–H groups in total. The van der Waals surface area contributed by atoms with E-state index in [9.17, 15) is 9.59 Å². The average molecular weight is 391 g/mol. The number of esters is 1. The van der Waals surface area contributed by atoms with Gasteiger partial charge in [0.25, 0.3) is 5.91 Å². The average Bonchev–Trinajstić information content (AvgIpc) is 2.77. The third-order valence-corrected chi connectivity index (χ3v) is 4.03.